The molecule has 0 radical (unpaired) electrons. The summed E-state index contributed by atoms with van der Waals surface area (Å²) in [6, 6.07) is 15.2. The van der Waals surface area contributed by atoms with Crippen molar-refractivity contribution in [2.45, 2.75) is 50.2 Å². The van der Waals surface area contributed by atoms with Crippen LogP contribution in [0.15, 0.2) is 59.5 Å². The van der Waals surface area contributed by atoms with E-state index in [0.29, 0.717) is 57.3 Å². The van der Waals surface area contributed by atoms with Crippen LogP contribution in [0.25, 0.3) is 22.3 Å². The number of urea groups is 1. The first-order valence-corrected chi connectivity index (χ1v) is 16.8. The van der Waals surface area contributed by atoms with Gasteiger partial charge in [0.15, 0.2) is 5.82 Å². The highest BCUT2D eigenvalue weighted by Crippen LogP contribution is 2.26. The Hall–Kier alpha value is -4.49. The number of benzene rings is 2. The highest BCUT2D eigenvalue weighted by atomic mass is 16.2. The molecule has 2 aromatic heterocycles. The van der Waals surface area contributed by atoms with E-state index in [1.165, 1.54) is 12.8 Å². The van der Waals surface area contributed by atoms with Crippen LogP contribution in [0.4, 0.5) is 4.79 Å². The zero-order valence-corrected chi connectivity index (χ0v) is 27.0. The van der Waals surface area contributed by atoms with Crippen LogP contribution in [0.2, 0.25) is 0 Å². The van der Waals surface area contributed by atoms with Crippen molar-refractivity contribution in [1.29, 1.82) is 0 Å². The third-order valence-electron chi connectivity index (χ3n) is 10.2. The van der Waals surface area contributed by atoms with E-state index in [2.05, 4.69) is 42.6 Å². The lowest BCUT2D eigenvalue weighted by atomic mass is 10.0. The van der Waals surface area contributed by atoms with Crippen molar-refractivity contribution in [2.24, 2.45) is 0 Å². The fourth-order valence-electron chi connectivity index (χ4n) is 7.44. The fraction of sp³-hybridized carbons (Fsp3) is 0.500. The number of carbonyl (C=O) groups excluding carboxylic acids is 2. The summed E-state index contributed by atoms with van der Waals surface area (Å²) in [6.45, 7) is 6.20. The van der Waals surface area contributed by atoms with Gasteiger partial charge in [0, 0.05) is 68.7 Å². The number of nitrogens with zero attached hydrogens (tertiary/aromatic N) is 7. The van der Waals surface area contributed by atoms with Gasteiger partial charge in [-0.15, -0.1) is 0 Å². The van der Waals surface area contributed by atoms with Gasteiger partial charge in [-0.05, 0) is 63.5 Å². The Morgan fingerprint density at radius 1 is 0.872 bits per heavy atom. The summed E-state index contributed by atoms with van der Waals surface area (Å²) in [4.78, 5) is 49.2. The van der Waals surface area contributed by atoms with Crippen LogP contribution >= 0.6 is 0 Å². The van der Waals surface area contributed by atoms with Crippen molar-refractivity contribution in [3.8, 4) is 11.4 Å². The Balaban J connectivity index is 1.02. The molecule has 7 rings (SSSR count). The Morgan fingerprint density at radius 2 is 1.60 bits per heavy atom. The molecule has 3 N–H and O–H groups in total. The van der Waals surface area contributed by atoms with E-state index in [4.69, 9.17) is 0 Å². The van der Waals surface area contributed by atoms with Crippen LogP contribution in [-0.2, 0) is 11.2 Å². The Kier molecular flexibility index (Phi) is 9.07. The van der Waals surface area contributed by atoms with E-state index in [0.717, 1.165) is 48.2 Å². The molecule has 1 unspecified atom stereocenters. The maximum Gasteiger partial charge on any atom is 0.343 e. The van der Waals surface area contributed by atoms with Crippen molar-refractivity contribution in [1.82, 2.24) is 49.9 Å². The first-order chi connectivity index (χ1) is 22.9. The molecule has 13 nitrogen and oxygen atoms in total. The van der Waals surface area contributed by atoms with Gasteiger partial charge in [-0.3, -0.25) is 19.4 Å². The average Bonchev–Trinajstić information content (AvgIpc) is 3.74. The summed E-state index contributed by atoms with van der Waals surface area (Å²) in [5, 5.41) is 18.1. The molecular formula is C34H44N10O3. The number of amides is 3. The quantitative estimate of drug-likeness (QED) is 0.282. The van der Waals surface area contributed by atoms with E-state index in [-0.39, 0.29) is 23.7 Å². The van der Waals surface area contributed by atoms with Crippen molar-refractivity contribution < 1.29 is 9.59 Å². The van der Waals surface area contributed by atoms with E-state index < -0.39 is 6.04 Å². The average molecular weight is 641 g/mol. The van der Waals surface area contributed by atoms with E-state index in [1.54, 1.807) is 15.7 Å². The maximum atomic E-state index is 14.1. The molecule has 3 aliphatic heterocycles. The second-order valence-corrected chi connectivity index (χ2v) is 13.2. The molecule has 3 saturated heterocycles. The lowest BCUT2D eigenvalue weighted by Crippen LogP contribution is -2.59. The number of hydrogen-bond acceptors (Lipinski definition) is 7. The largest absolute Gasteiger partial charge is 0.343 e. The van der Waals surface area contributed by atoms with Crippen LogP contribution in [0, 0.1) is 0 Å². The number of nitrogens with one attached hydrogen (secondary N) is 3. The number of carbonyl (C=O) groups is 2. The molecule has 3 amide bonds. The zero-order chi connectivity index (χ0) is 32.3. The van der Waals surface area contributed by atoms with Crippen LogP contribution < -0.4 is 11.0 Å². The summed E-state index contributed by atoms with van der Waals surface area (Å²) < 4.78 is 1.72. The number of aromatic nitrogens is 5. The molecule has 5 heterocycles. The minimum absolute atomic E-state index is 0.0407. The minimum atomic E-state index is -0.694. The van der Waals surface area contributed by atoms with Crippen molar-refractivity contribution >= 4 is 22.8 Å². The minimum Gasteiger partial charge on any atom is -0.338 e. The summed E-state index contributed by atoms with van der Waals surface area (Å²) >= 11 is 0. The number of piperazine rings is 1. The number of aromatic amines is 2. The molecule has 0 bridgehead atoms. The fourth-order valence-corrected chi connectivity index (χ4v) is 7.44. The Labute approximate surface area is 273 Å². The Bertz CT molecular complexity index is 1730. The third kappa shape index (κ3) is 6.82. The molecule has 13 heteroatoms. The third-order valence-corrected chi connectivity index (χ3v) is 10.2. The standard InChI is InChI=1S/C34H44N10O3/c1-40-13-9-27(10-14-40)41-17-19-42(20-18-41)32(45)30(22-24-7-8-29-26(21-24)23-35-37-29)36-33(46)43-15-11-28(12-16-43)44-31(38-39-34(44)47)25-5-3-2-4-6-25/h2-8,21,23,27-28,30H,9-20,22H2,1H3,(H,35,37)(H,36,46)(H,39,47). The van der Waals surface area contributed by atoms with Gasteiger partial charge in [0.2, 0.25) is 5.91 Å². The molecule has 2 aromatic carbocycles. The second-order valence-electron chi connectivity index (χ2n) is 13.2. The molecule has 0 aliphatic carbocycles. The Morgan fingerprint density at radius 3 is 2.34 bits per heavy atom. The number of fused-ring (bicyclic) bond motifs is 1. The van der Waals surface area contributed by atoms with Gasteiger partial charge in [-0.1, -0.05) is 36.4 Å². The molecular weight excluding hydrogens is 596 g/mol. The number of piperidine rings is 2. The number of H-pyrrole nitrogens is 2. The predicted molar refractivity (Wildman–Crippen MR) is 179 cm³/mol. The van der Waals surface area contributed by atoms with Gasteiger partial charge < -0.3 is 20.0 Å². The van der Waals surface area contributed by atoms with Crippen LogP contribution in [0.1, 0.15) is 37.3 Å². The lowest BCUT2D eigenvalue weighted by molar-refractivity contribution is -0.135. The van der Waals surface area contributed by atoms with Gasteiger partial charge in [0.1, 0.15) is 6.04 Å². The van der Waals surface area contributed by atoms with Crippen molar-refractivity contribution in [3.63, 3.8) is 0 Å². The molecule has 0 saturated carbocycles. The first kappa shape index (κ1) is 31.1. The molecule has 248 valence electrons. The van der Waals surface area contributed by atoms with Gasteiger partial charge in [0.05, 0.1) is 11.7 Å². The van der Waals surface area contributed by atoms with Crippen LogP contribution in [0.3, 0.4) is 0 Å². The van der Waals surface area contributed by atoms with Crippen LogP contribution in [0.5, 0.6) is 0 Å². The number of rotatable bonds is 7. The van der Waals surface area contributed by atoms with Gasteiger partial charge in [-0.2, -0.15) is 10.2 Å². The molecule has 1 atom stereocenters. The summed E-state index contributed by atoms with van der Waals surface area (Å²) in [7, 11) is 2.18. The molecule has 0 spiro atoms. The lowest BCUT2D eigenvalue weighted by Gasteiger charge is -2.43. The molecule has 4 aromatic rings. The smallest absolute Gasteiger partial charge is 0.338 e. The topological polar surface area (TPSA) is 138 Å². The van der Waals surface area contributed by atoms with E-state index >= 15 is 0 Å². The molecule has 3 fully saturated rings. The summed E-state index contributed by atoms with van der Waals surface area (Å²) in [5.41, 5.74) is 2.52. The predicted octanol–water partition coefficient (Wildman–Crippen LogP) is 2.31. The van der Waals surface area contributed by atoms with Gasteiger partial charge in [-0.25, -0.2) is 14.7 Å². The van der Waals surface area contributed by atoms with Crippen molar-refractivity contribution in [3.05, 3.63) is 70.8 Å². The summed E-state index contributed by atoms with van der Waals surface area (Å²) in [6.07, 6.45) is 5.72. The van der Waals surface area contributed by atoms with Gasteiger partial charge in [0.25, 0.3) is 0 Å². The summed E-state index contributed by atoms with van der Waals surface area (Å²) in [5.74, 6) is 0.565. The van der Waals surface area contributed by atoms with Crippen LogP contribution in [-0.4, -0.2) is 128 Å². The monoisotopic (exact) mass is 640 g/mol. The number of likely N-dealkylation sites (tertiary alicyclic amines) is 2. The van der Waals surface area contributed by atoms with E-state index in [1.807, 2.05) is 53.4 Å². The van der Waals surface area contributed by atoms with Crippen molar-refractivity contribution in [2.75, 3.05) is 59.4 Å². The highest BCUT2D eigenvalue weighted by molar-refractivity contribution is 5.88. The SMILES string of the molecule is CN1CCC(N2CCN(C(=O)C(Cc3ccc4[nH]ncc4c3)NC(=O)N3CCC(n4c(-c5ccccc5)n[nH]c4=O)CC3)CC2)CC1. The van der Waals surface area contributed by atoms with Gasteiger partial charge >= 0.3 is 11.7 Å². The molecule has 3 aliphatic rings. The van der Waals surface area contributed by atoms with E-state index in [9.17, 15) is 14.4 Å². The highest BCUT2D eigenvalue weighted by Gasteiger charge is 2.34. The normalized spacial score (nSPS) is 19.7. The number of hydrogen-bond donors (Lipinski definition) is 3. The maximum absolute atomic E-state index is 14.1. The zero-order valence-electron chi connectivity index (χ0n) is 27.0. The first-order valence-electron chi connectivity index (χ1n) is 16.8. The second kappa shape index (κ2) is 13.7. The molecule has 47 heavy (non-hydrogen) atoms.